The largest absolute Gasteiger partial charge is 0.496 e. The molecule has 0 saturated heterocycles. The molecule has 23 heavy (non-hydrogen) atoms. The number of methoxy groups -OCH3 is 4. The third-order valence-corrected chi connectivity index (χ3v) is 3.08. The van der Waals surface area contributed by atoms with E-state index in [4.69, 9.17) is 14.2 Å². The predicted molar refractivity (Wildman–Crippen MR) is 85.9 cm³/mol. The van der Waals surface area contributed by atoms with Crippen molar-refractivity contribution in [3.05, 3.63) is 35.4 Å². The molecule has 0 fully saturated rings. The third kappa shape index (κ3) is 4.12. The SMILES string of the molecule is C=C(C)C(=O)/C(=C\c1c(OC)cc(OC)cc1OC)C(=O)OC. The standard InChI is InChI=1S/C17H20O6/c1-10(2)16(18)13(17(19)23-6)9-12-14(21-4)7-11(20-3)8-15(12)22-5/h7-9H,1H2,2-6H3/b13-9+. The first-order valence-corrected chi connectivity index (χ1v) is 6.69. The molecule has 0 aliphatic rings. The molecule has 0 spiro atoms. The number of benzene rings is 1. The molecule has 0 atom stereocenters. The van der Waals surface area contributed by atoms with Gasteiger partial charge in [-0.15, -0.1) is 0 Å². The Kier molecular flexibility index (Phi) is 6.38. The van der Waals surface area contributed by atoms with Crippen molar-refractivity contribution < 1.29 is 28.5 Å². The molecule has 0 heterocycles. The molecule has 124 valence electrons. The molecule has 0 amide bonds. The van der Waals surface area contributed by atoms with Crippen molar-refractivity contribution in [3.63, 3.8) is 0 Å². The van der Waals surface area contributed by atoms with E-state index in [2.05, 4.69) is 11.3 Å². The van der Waals surface area contributed by atoms with Gasteiger partial charge < -0.3 is 18.9 Å². The highest BCUT2D eigenvalue weighted by molar-refractivity contribution is 6.26. The quantitative estimate of drug-likeness (QED) is 0.332. The van der Waals surface area contributed by atoms with Gasteiger partial charge in [-0.1, -0.05) is 6.58 Å². The van der Waals surface area contributed by atoms with Crippen LogP contribution in [0.25, 0.3) is 6.08 Å². The van der Waals surface area contributed by atoms with E-state index in [0.29, 0.717) is 22.8 Å². The summed E-state index contributed by atoms with van der Waals surface area (Å²) in [6.07, 6.45) is 1.36. The topological polar surface area (TPSA) is 71.1 Å². The molecule has 0 radical (unpaired) electrons. The van der Waals surface area contributed by atoms with Crippen LogP contribution in [0.3, 0.4) is 0 Å². The number of rotatable bonds is 7. The minimum absolute atomic E-state index is 0.165. The van der Waals surface area contributed by atoms with Crippen molar-refractivity contribution in [2.45, 2.75) is 6.92 Å². The van der Waals surface area contributed by atoms with Crippen LogP contribution in [0.2, 0.25) is 0 Å². The summed E-state index contributed by atoms with van der Waals surface area (Å²) in [5, 5.41) is 0. The van der Waals surface area contributed by atoms with Gasteiger partial charge >= 0.3 is 5.97 Å². The Labute approximate surface area is 135 Å². The first kappa shape index (κ1) is 18.3. The number of carbonyl (C=O) groups excluding carboxylic acids is 2. The van der Waals surface area contributed by atoms with Crippen molar-refractivity contribution >= 4 is 17.8 Å². The molecule has 1 aromatic carbocycles. The summed E-state index contributed by atoms with van der Waals surface area (Å²) in [5.74, 6) is 0.00521. The van der Waals surface area contributed by atoms with Crippen molar-refractivity contribution in [1.82, 2.24) is 0 Å². The molecular weight excluding hydrogens is 300 g/mol. The molecule has 1 aromatic rings. The van der Waals surface area contributed by atoms with E-state index < -0.39 is 11.8 Å². The zero-order chi connectivity index (χ0) is 17.6. The van der Waals surface area contributed by atoms with E-state index >= 15 is 0 Å². The van der Waals surface area contributed by atoms with Crippen molar-refractivity contribution in [2.24, 2.45) is 0 Å². The van der Waals surface area contributed by atoms with Crippen LogP contribution in [0, 0.1) is 0 Å². The normalized spacial score (nSPS) is 10.7. The molecular formula is C17H20O6. The number of hydrogen-bond acceptors (Lipinski definition) is 6. The van der Waals surface area contributed by atoms with E-state index in [9.17, 15) is 9.59 Å². The summed E-state index contributed by atoms with van der Waals surface area (Å²) in [6, 6.07) is 3.24. The van der Waals surface area contributed by atoms with Crippen molar-refractivity contribution in [1.29, 1.82) is 0 Å². The first-order chi connectivity index (χ1) is 10.9. The van der Waals surface area contributed by atoms with Gasteiger partial charge in [0.15, 0.2) is 5.78 Å². The fourth-order valence-electron chi connectivity index (χ4n) is 1.88. The second kappa shape index (κ2) is 8.03. The molecule has 0 unspecified atom stereocenters. The van der Waals surface area contributed by atoms with Crippen molar-refractivity contribution in [2.75, 3.05) is 28.4 Å². The molecule has 0 aliphatic carbocycles. The number of esters is 1. The summed E-state index contributed by atoms with van der Waals surface area (Å²) >= 11 is 0. The smallest absolute Gasteiger partial charge is 0.341 e. The monoisotopic (exact) mass is 320 g/mol. The molecule has 0 N–H and O–H groups in total. The van der Waals surface area contributed by atoms with Gasteiger partial charge in [-0.2, -0.15) is 0 Å². The van der Waals surface area contributed by atoms with Gasteiger partial charge in [-0.05, 0) is 18.6 Å². The lowest BCUT2D eigenvalue weighted by Crippen LogP contribution is -2.15. The van der Waals surface area contributed by atoms with Gasteiger partial charge in [-0.3, -0.25) is 4.79 Å². The van der Waals surface area contributed by atoms with Crippen LogP contribution in [0.15, 0.2) is 29.9 Å². The highest BCUT2D eigenvalue weighted by Crippen LogP contribution is 2.36. The van der Waals surface area contributed by atoms with Crippen LogP contribution in [0.5, 0.6) is 17.2 Å². The van der Waals surface area contributed by atoms with Gasteiger partial charge in [0, 0.05) is 12.1 Å². The van der Waals surface area contributed by atoms with Gasteiger partial charge in [0.2, 0.25) is 0 Å². The van der Waals surface area contributed by atoms with Gasteiger partial charge in [-0.25, -0.2) is 4.79 Å². The van der Waals surface area contributed by atoms with Crippen LogP contribution in [0.1, 0.15) is 12.5 Å². The molecule has 0 aromatic heterocycles. The molecule has 6 nitrogen and oxygen atoms in total. The van der Waals surface area contributed by atoms with Gasteiger partial charge in [0.1, 0.15) is 22.8 Å². The fraction of sp³-hybridized carbons (Fsp3) is 0.294. The maximum Gasteiger partial charge on any atom is 0.341 e. The average molecular weight is 320 g/mol. The van der Waals surface area contributed by atoms with Crippen LogP contribution in [0.4, 0.5) is 0 Å². The first-order valence-electron chi connectivity index (χ1n) is 6.69. The second-order valence-electron chi connectivity index (χ2n) is 4.60. The molecule has 0 bridgehead atoms. The zero-order valence-electron chi connectivity index (χ0n) is 13.9. The predicted octanol–water partition coefficient (Wildman–Crippen LogP) is 2.41. The minimum atomic E-state index is -0.766. The summed E-state index contributed by atoms with van der Waals surface area (Å²) < 4.78 is 20.4. The summed E-state index contributed by atoms with van der Waals surface area (Å²) in [4.78, 5) is 24.1. The molecule has 0 aliphatic heterocycles. The van der Waals surface area contributed by atoms with Crippen LogP contribution in [-0.2, 0) is 14.3 Å². The molecule has 6 heteroatoms. The lowest BCUT2D eigenvalue weighted by molar-refractivity contribution is -0.137. The Morgan fingerprint density at radius 3 is 1.87 bits per heavy atom. The summed E-state index contributed by atoms with van der Waals surface area (Å²) in [6.45, 7) is 5.08. The van der Waals surface area contributed by atoms with Crippen LogP contribution >= 0.6 is 0 Å². The lowest BCUT2D eigenvalue weighted by atomic mass is 10.0. The number of ether oxygens (including phenoxy) is 4. The lowest BCUT2D eigenvalue weighted by Gasteiger charge is -2.13. The van der Waals surface area contributed by atoms with E-state index in [1.54, 1.807) is 12.1 Å². The van der Waals surface area contributed by atoms with Gasteiger partial charge in [0.25, 0.3) is 0 Å². The number of Topliss-reactive ketones (excluding diaryl/α,β-unsaturated/α-hetero) is 1. The van der Waals surface area contributed by atoms with Crippen molar-refractivity contribution in [3.8, 4) is 17.2 Å². The number of allylic oxidation sites excluding steroid dienone is 1. The van der Waals surface area contributed by atoms with E-state index in [0.717, 1.165) is 0 Å². The number of ketones is 1. The summed E-state index contributed by atoms with van der Waals surface area (Å²) in [7, 11) is 5.63. The third-order valence-electron chi connectivity index (χ3n) is 3.08. The van der Waals surface area contributed by atoms with E-state index in [-0.39, 0.29) is 11.1 Å². The van der Waals surface area contributed by atoms with E-state index in [1.165, 1.54) is 41.4 Å². The Morgan fingerprint density at radius 1 is 1.00 bits per heavy atom. The highest BCUT2D eigenvalue weighted by Gasteiger charge is 2.22. The minimum Gasteiger partial charge on any atom is -0.496 e. The Bertz CT molecular complexity index is 632. The maximum atomic E-state index is 12.2. The zero-order valence-corrected chi connectivity index (χ0v) is 13.9. The van der Waals surface area contributed by atoms with Crippen LogP contribution in [-0.4, -0.2) is 40.2 Å². The van der Waals surface area contributed by atoms with Crippen LogP contribution < -0.4 is 14.2 Å². The maximum absolute atomic E-state index is 12.2. The summed E-state index contributed by atoms with van der Waals surface area (Å²) in [5.41, 5.74) is 0.473. The van der Waals surface area contributed by atoms with E-state index in [1.807, 2.05) is 0 Å². The second-order valence-corrected chi connectivity index (χ2v) is 4.60. The molecule has 1 rings (SSSR count). The average Bonchev–Trinajstić information content (AvgIpc) is 2.57. The Morgan fingerprint density at radius 2 is 1.52 bits per heavy atom. The number of carbonyl (C=O) groups is 2. The molecule has 0 saturated carbocycles. The Hall–Kier alpha value is -2.76. The number of hydrogen-bond donors (Lipinski definition) is 0. The highest BCUT2D eigenvalue weighted by atomic mass is 16.5. The fourth-order valence-corrected chi connectivity index (χ4v) is 1.88. The Balaban J connectivity index is 3.60. The van der Waals surface area contributed by atoms with Gasteiger partial charge in [0.05, 0.1) is 34.0 Å².